The van der Waals surface area contributed by atoms with Gasteiger partial charge in [0.1, 0.15) is 16.3 Å². The molecule has 1 amide bonds. The molecule has 0 bridgehead atoms. The highest BCUT2D eigenvalue weighted by Gasteiger charge is 2.19. The first-order valence-electron chi connectivity index (χ1n) is 11.5. The zero-order valence-electron chi connectivity index (χ0n) is 19.7. The number of fused-ring (bicyclic) bond motifs is 4. The molecule has 7 heteroatoms. The van der Waals surface area contributed by atoms with Gasteiger partial charge in [-0.05, 0) is 49.4 Å². The van der Waals surface area contributed by atoms with Gasteiger partial charge in [-0.3, -0.25) is 9.48 Å². The number of aromatic nitrogens is 3. The number of ether oxygens (including phenoxy) is 1. The molecule has 0 unspecified atom stereocenters. The highest BCUT2D eigenvalue weighted by atomic mass is 32.1. The number of hydrogen-bond acceptors (Lipinski definition) is 4. The number of nitrogens with one attached hydrogen (secondary N) is 1. The maximum Gasteiger partial charge on any atom is 0.265 e. The standard InChI is InChI=1S/C28H24N4O2S/c1-4-32-23-11-6-5-10-20(23)21-15-18(12-13-24(21)32)29-27(33)25-16-22-26(30-31(2)28(22)35-25)17-8-7-9-19(14-17)34-3/h5-16H,4H2,1-3H3,(H,29,33). The van der Waals surface area contributed by atoms with E-state index in [9.17, 15) is 4.79 Å². The molecule has 3 heterocycles. The number of amides is 1. The summed E-state index contributed by atoms with van der Waals surface area (Å²) in [5.74, 6) is 0.649. The van der Waals surface area contributed by atoms with E-state index in [1.807, 2.05) is 48.1 Å². The molecule has 6 aromatic rings. The molecule has 0 radical (unpaired) electrons. The lowest BCUT2D eigenvalue weighted by molar-refractivity contribution is 0.103. The van der Waals surface area contributed by atoms with Crippen LogP contribution < -0.4 is 10.1 Å². The molecule has 0 aliphatic rings. The van der Waals surface area contributed by atoms with Gasteiger partial charge in [-0.1, -0.05) is 30.3 Å². The van der Waals surface area contributed by atoms with Gasteiger partial charge in [0.05, 0.1) is 12.0 Å². The van der Waals surface area contributed by atoms with E-state index in [-0.39, 0.29) is 5.91 Å². The third-order valence-electron chi connectivity index (χ3n) is 6.42. The average Bonchev–Trinajstić information content (AvgIpc) is 3.55. The highest BCUT2D eigenvalue weighted by molar-refractivity contribution is 7.20. The van der Waals surface area contributed by atoms with Crippen LogP contribution in [0.25, 0.3) is 43.3 Å². The second-order valence-electron chi connectivity index (χ2n) is 8.48. The number of rotatable bonds is 5. The number of para-hydroxylation sites is 1. The molecule has 0 spiro atoms. The van der Waals surface area contributed by atoms with E-state index in [2.05, 4.69) is 53.2 Å². The van der Waals surface area contributed by atoms with Gasteiger partial charge in [0, 0.05) is 52.0 Å². The molecular formula is C28H24N4O2S. The summed E-state index contributed by atoms with van der Waals surface area (Å²) in [5.41, 5.74) is 4.95. The van der Waals surface area contributed by atoms with Gasteiger partial charge in [0.25, 0.3) is 5.91 Å². The molecule has 0 fully saturated rings. The molecule has 6 nitrogen and oxygen atoms in total. The van der Waals surface area contributed by atoms with E-state index in [4.69, 9.17) is 9.84 Å². The number of benzene rings is 3. The molecule has 0 atom stereocenters. The number of thiophene rings is 1. The van der Waals surface area contributed by atoms with E-state index >= 15 is 0 Å². The average molecular weight is 481 g/mol. The van der Waals surface area contributed by atoms with Crippen LogP contribution in [0.2, 0.25) is 0 Å². The van der Waals surface area contributed by atoms with Crippen LogP contribution in [0.1, 0.15) is 16.6 Å². The van der Waals surface area contributed by atoms with E-state index in [0.29, 0.717) is 4.88 Å². The van der Waals surface area contributed by atoms with Crippen molar-refractivity contribution >= 4 is 55.0 Å². The van der Waals surface area contributed by atoms with Crippen molar-refractivity contribution in [3.8, 4) is 17.0 Å². The van der Waals surface area contributed by atoms with Crippen molar-refractivity contribution in [2.24, 2.45) is 7.05 Å². The van der Waals surface area contributed by atoms with Gasteiger partial charge in [0.2, 0.25) is 0 Å². The van der Waals surface area contributed by atoms with Crippen LogP contribution in [-0.4, -0.2) is 27.4 Å². The second kappa shape index (κ2) is 8.29. The van der Waals surface area contributed by atoms with E-state index in [1.54, 1.807) is 7.11 Å². The Kier molecular flexibility index (Phi) is 5.07. The molecular weight excluding hydrogens is 456 g/mol. The Hall–Kier alpha value is -4.10. The SMILES string of the molecule is CCn1c2ccccc2c2cc(NC(=O)c3cc4c(-c5cccc(OC)c5)nn(C)c4s3)ccc21. The summed E-state index contributed by atoms with van der Waals surface area (Å²) in [5, 5.41) is 11.1. The van der Waals surface area contributed by atoms with Crippen LogP contribution in [0.15, 0.2) is 72.8 Å². The fraction of sp³-hybridized carbons (Fsp3) is 0.143. The summed E-state index contributed by atoms with van der Waals surface area (Å²) in [7, 11) is 3.55. The fourth-order valence-corrected chi connectivity index (χ4v) is 5.77. The van der Waals surface area contributed by atoms with Gasteiger partial charge >= 0.3 is 0 Å². The number of carbonyl (C=O) groups is 1. The molecule has 35 heavy (non-hydrogen) atoms. The summed E-state index contributed by atoms with van der Waals surface area (Å²) in [4.78, 5) is 14.8. The summed E-state index contributed by atoms with van der Waals surface area (Å²) < 4.78 is 9.50. The van der Waals surface area contributed by atoms with Gasteiger partial charge in [0.15, 0.2) is 0 Å². The van der Waals surface area contributed by atoms with Crippen molar-refractivity contribution in [1.29, 1.82) is 0 Å². The Morgan fingerprint density at radius 1 is 0.971 bits per heavy atom. The first kappa shape index (κ1) is 21.4. The van der Waals surface area contributed by atoms with Gasteiger partial charge < -0.3 is 14.6 Å². The smallest absolute Gasteiger partial charge is 0.265 e. The zero-order valence-corrected chi connectivity index (χ0v) is 20.5. The van der Waals surface area contributed by atoms with Crippen molar-refractivity contribution in [3.63, 3.8) is 0 Å². The molecule has 0 aliphatic heterocycles. The fourth-order valence-electron chi connectivity index (χ4n) is 4.80. The number of carbonyl (C=O) groups excluding carboxylic acids is 1. The number of nitrogens with zero attached hydrogens (tertiary/aromatic N) is 3. The molecule has 3 aromatic heterocycles. The van der Waals surface area contributed by atoms with E-state index < -0.39 is 0 Å². The molecule has 0 saturated carbocycles. The predicted octanol–water partition coefficient (Wildman–Crippen LogP) is 6.69. The molecule has 1 N–H and O–H groups in total. The Morgan fingerprint density at radius 2 is 1.80 bits per heavy atom. The number of hydrogen-bond donors (Lipinski definition) is 1. The molecule has 3 aromatic carbocycles. The van der Waals surface area contributed by atoms with Crippen LogP contribution in [0, 0.1) is 0 Å². The largest absolute Gasteiger partial charge is 0.497 e. The topological polar surface area (TPSA) is 61.1 Å². The minimum Gasteiger partial charge on any atom is -0.497 e. The van der Waals surface area contributed by atoms with Crippen LogP contribution in [0.4, 0.5) is 5.69 Å². The van der Waals surface area contributed by atoms with E-state index in [1.165, 1.54) is 27.8 Å². The predicted molar refractivity (Wildman–Crippen MR) is 144 cm³/mol. The third-order valence-corrected chi connectivity index (χ3v) is 7.63. The van der Waals surface area contributed by atoms with Crippen molar-refractivity contribution in [2.45, 2.75) is 13.5 Å². The summed E-state index contributed by atoms with van der Waals surface area (Å²) >= 11 is 1.44. The Labute approximate surface area is 206 Å². The van der Waals surface area contributed by atoms with Crippen LogP contribution in [-0.2, 0) is 13.6 Å². The van der Waals surface area contributed by atoms with Gasteiger partial charge in [-0.2, -0.15) is 5.10 Å². The Morgan fingerprint density at radius 3 is 2.63 bits per heavy atom. The van der Waals surface area contributed by atoms with Crippen molar-refractivity contribution in [1.82, 2.24) is 14.3 Å². The molecule has 174 valence electrons. The normalized spacial score (nSPS) is 11.5. The zero-order chi connectivity index (χ0) is 24.1. The van der Waals surface area contributed by atoms with Gasteiger partial charge in [-0.15, -0.1) is 11.3 Å². The number of aryl methyl sites for hydroxylation is 2. The first-order chi connectivity index (χ1) is 17.1. The molecule has 0 aliphatic carbocycles. The summed E-state index contributed by atoms with van der Waals surface area (Å²) in [6, 6.07) is 24.3. The maximum absolute atomic E-state index is 13.2. The lowest BCUT2D eigenvalue weighted by atomic mass is 10.1. The van der Waals surface area contributed by atoms with Crippen LogP contribution in [0.5, 0.6) is 5.75 Å². The van der Waals surface area contributed by atoms with E-state index in [0.717, 1.165) is 44.8 Å². The van der Waals surface area contributed by atoms with Gasteiger partial charge in [-0.25, -0.2) is 0 Å². The lowest BCUT2D eigenvalue weighted by Gasteiger charge is -2.06. The minimum atomic E-state index is -0.124. The lowest BCUT2D eigenvalue weighted by Crippen LogP contribution is -2.10. The van der Waals surface area contributed by atoms with Crippen molar-refractivity contribution in [3.05, 3.63) is 77.7 Å². The third kappa shape index (κ3) is 3.47. The molecule has 0 saturated heterocycles. The van der Waals surface area contributed by atoms with Crippen LogP contribution in [0.3, 0.4) is 0 Å². The Bertz CT molecular complexity index is 1740. The summed E-state index contributed by atoms with van der Waals surface area (Å²) in [6.45, 7) is 3.04. The molecule has 6 rings (SSSR count). The number of anilines is 1. The van der Waals surface area contributed by atoms with Crippen molar-refractivity contribution in [2.75, 3.05) is 12.4 Å². The number of methoxy groups -OCH3 is 1. The minimum absolute atomic E-state index is 0.124. The second-order valence-corrected chi connectivity index (χ2v) is 9.51. The van der Waals surface area contributed by atoms with Crippen LogP contribution >= 0.6 is 11.3 Å². The highest BCUT2D eigenvalue weighted by Crippen LogP contribution is 2.36. The Balaban J connectivity index is 1.36. The quantitative estimate of drug-likeness (QED) is 0.299. The maximum atomic E-state index is 13.2. The van der Waals surface area contributed by atoms with Crippen molar-refractivity contribution < 1.29 is 9.53 Å². The first-order valence-corrected chi connectivity index (χ1v) is 12.3. The monoisotopic (exact) mass is 480 g/mol. The summed E-state index contributed by atoms with van der Waals surface area (Å²) in [6.07, 6.45) is 0.